The van der Waals surface area contributed by atoms with E-state index in [-0.39, 0.29) is 5.82 Å². The number of anilines is 3. The second-order valence-electron chi connectivity index (χ2n) is 5.79. The standard InChI is InChI=1S/C20H21FN4/c1-3-25(14-16-7-5-4-6-8-16)20-13-19(22-15(2)23-20)24-18-11-9-17(21)10-12-18/h4-13H,3,14H2,1-2H3,(H,22,23,24). The van der Waals surface area contributed by atoms with E-state index in [0.29, 0.717) is 11.6 Å². The Kier molecular flexibility index (Phi) is 5.23. The molecule has 25 heavy (non-hydrogen) atoms. The fraction of sp³-hybridized carbons (Fsp3) is 0.200. The van der Waals surface area contributed by atoms with Crippen molar-refractivity contribution >= 4 is 17.3 Å². The zero-order chi connectivity index (χ0) is 17.6. The Balaban J connectivity index is 1.83. The summed E-state index contributed by atoms with van der Waals surface area (Å²) in [6, 6.07) is 18.4. The highest BCUT2D eigenvalue weighted by atomic mass is 19.1. The van der Waals surface area contributed by atoms with Crippen LogP contribution in [0.4, 0.5) is 21.7 Å². The summed E-state index contributed by atoms with van der Waals surface area (Å²) in [6.45, 7) is 5.59. The first-order chi connectivity index (χ1) is 12.1. The highest BCUT2D eigenvalue weighted by molar-refractivity contribution is 5.59. The fourth-order valence-corrected chi connectivity index (χ4v) is 2.62. The van der Waals surface area contributed by atoms with Gasteiger partial charge in [0.05, 0.1) is 0 Å². The van der Waals surface area contributed by atoms with Crippen molar-refractivity contribution in [2.24, 2.45) is 0 Å². The van der Waals surface area contributed by atoms with Crippen LogP contribution in [0.5, 0.6) is 0 Å². The molecule has 1 heterocycles. The number of hydrogen-bond donors (Lipinski definition) is 1. The predicted molar refractivity (Wildman–Crippen MR) is 99.6 cm³/mol. The molecule has 0 spiro atoms. The summed E-state index contributed by atoms with van der Waals surface area (Å²) in [5, 5.41) is 3.21. The van der Waals surface area contributed by atoms with Gasteiger partial charge in [-0.3, -0.25) is 0 Å². The highest BCUT2D eigenvalue weighted by Crippen LogP contribution is 2.21. The van der Waals surface area contributed by atoms with E-state index in [1.807, 2.05) is 31.2 Å². The van der Waals surface area contributed by atoms with Crippen LogP contribution in [0.25, 0.3) is 0 Å². The third-order valence-electron chi connectivity index (χ3n) is 3.86. The topological polar surface area (TPSA) is 41.0 Å². The van der Waals surface area contributed by atoms with Crippen LogP contribution < -0.4 is 10.2 Å². The van der Waals surface area contributed by atoms with Gasteiger partial charge in [-0.15, -0.1) is 0 Å². The third kappa shape index (κ3) is 4.53. The number of aryl methyl sites for hydroxylation is 1. The molecule has 0 amide bonds. The van der Waals surface area contributed by atoms with Gasteiger partial charge in [-0.05, 0) is 43.7 Å². The van der Waals surface area contributed by atoms with Crippen LogP contribution in [0, 0.1) is 12.7 Å². The molecule has 0 atom stereocenters. The lowest BCUT2D eigenvalue weighted by molar-refractivity contribution is 0.628. The van der Waals surface area contributed by atoms with Gasteiger partial charge in [0.2, 0.25) is 0 Å². The van der Waals surface area contributed by atoms with Crippen LogP contribution in [0.1, 0.15) is 18.3 Å². The Labute approximate surface area is 147 Å². The van der Waals surface area contributed by atoms with Gasteiger partial charge < -0.3 is 10.2 Å². The molecule has 0 aliphatic heterocycles. The number of rotatable bonds is 6. The number of halogens is 1. The zero-order valence-electron chi connectivity index (χ0n) is 14.4. The Morgan fingerprint density at radius 1 is 1.00 bits per heavy atom. The summed E-state index contributed by atoms with van der Waals surface area (Å²) in [5.74, 6) is 1.99. The maximum atomic E-state index is 13.1. The quantitative estimate of drug-likeness (QED) is 0.709. The molecule has 0 aliphatic rings. The molecule has 3 aromatic rings. The van der Waals surface area contributed by atoms with E-state index < -0.39 is 0 Å². The van der Waals surface area contributed by atoms with Gasteiger partial charge in [0.15, 0.2) is 0 Å². The molecule has 3 rings (SSSR count). The molecule has 5 heteroatoms. The van der Waals surface area contributed by atoms with E-state index in [9.17, 15) is 4.39 Å². The van der Waals surface area contributed by atoms with Gasteiger partial charge >= 0.3 is 0 Å². The smallest absolute Gasteiger partial charge is 0.136 e. The Morgan fingerprint density at radius 3 is 2.40 bits per heavy atom. The molecule has 4 nitrogen and oxygen atoms in total. The summed E-state index contributed by atoms with van der Waals surface area (Å²) in [5.41, 5.74) is 2.02. The van der Waals surface area contributed by atoms with E-state index in [1.54, 1.807) is 12.1 Å². The van der Waals surface area contributed by atoms with E-state index in [1.165, 1.54) is 17.7 Å². The van der Waals surface area contributed by atoms with Crippen molar-refractivity contribution in [1.82, 2.24) is 9.97 Å². The van der Waals surface area contributed by atoms with Crippen molar-refractivity contribution in [2.45, 2.75) is 20.4 Å². The lowest BCUT2D eigenvalue weighted by Gasteiger charge is -2.23. The van der Waals surface area contributed by atoms with Crippen LogP contribution in [0.2, 0.25) is 0 Å². The fourth-order valence-electron chi connectivity index (χ4n) is 2.62. The summed E-state index contributed by atoms with van der Waals surface area (Å²) in [6.07, 6.45) is 0. The Hall–Kier alpha value is -2.95. The molecule has 0 unspecified atom stereocenters. The minimum absolute atomic E-state index is 0.259. The second-order valence-corrected chi connectivity index (χ2v) is 5.79. The first kappa shape index (κ1) is 16.9. The molecule has 2 aromatic carbocycles. The first-order valence-corrected chi connectivity index (χ1v) is 8.31. The molecule has 128 valence electrons. The largest absolute Gasteiger partial charge is 0.352 e. The summed E-state index contributed by atoms with van der Waals surface area (Å²) in [7, 11) is 0. The van der Waals surface area contributed by atoms with Crippen LogP contribution in [-0.2, 0) is 6.54 Å². The lowest BCUT2D eigenvalue weighted by Crippen LogP contribution is -2.23. The van der Waals surface area contributed by atoms with Gasteiger partial charge in [0.1, 0.15) is 23.3 Å². The van der Waals surface area contributed by atoms with Crippen molar-refractivity contribution in [1.29, 1.82) is 0 Å². The lowest BCUT2D eigenvalue weighted by atomic mass is 10.2. The molecule has 0 aliphatic carbocycles. The SMILES string of the molecule is CCN(Cc1ccccc1)c1cc(Nc2ccc(F)cc2)nc(C)n1. The monoisotopic (exact) mass is 336 g/mol. The van der Waals surface area contributed by atoms with Crippen molar-refractivity contribution < 1.29 is 4.39 Å². The van der Waals surface area contributed by atoms with Crippen molar-refractivity contribution in [3.8, 4) is 0 Å². The highest BCUT2D eigenvalue weighted by Gasteiger charge is 2.10. The molecule has 0 saturated heterocycles. The minimum Gasteiger partial charge on any atom is -0.352 e. The molecule has 0 saturated carbocycles. The number of nitrogens with one attached hydrogen (secondary N) is 1. The third-order valence-corrected chi connectivity index (χ3v) is 3.86. The van der Waals surface area contributed by atoms with E-state index >= 15 is 0 Å². The van der Waals surface area contributed by atoms with Crippen molar-refractivity contribution in [3.63, 3.8) is 0 Å². The van der Waals surface area contributed by atoms with Crippen LogP contribution in [-0.4, -0.2) is 16.5 Å². The molecule has 0 radical (unpaired) electrons. The van der Waals surface area contributed by atoms with Gasteiger partial charge in [0.25, 0.3) is 0 Å². The minimum atomic E-state index is -0.259. The number of nitrogens with zero attached hydrogens (tertiary/aromatic N) is 3. The summed E-state index contributed by atoms with van der Waals surface area (Å²) < 4.78 is 13.1. The van der Waals surface area contributed by atoms with Gasteiger partial charge in [0, 0.05) is 24.8 Å². The molecule has 0 bridgehead atoms. The molecular formula is C20H21FN4. The van der Waals surface area contributed by atoms with Crippen molar-refractivity contribution in [3.05, 3.63) is 77.9 Å². The average Bonchev–Trinajstić information content (AvgIpc) is 2.62. The van der Waals surface area contributed by atoms with Crippen molar-refractivity contribution in [2.75, 3.05) is 16.8 Å². The zero-order valence-corrected chi connectivity index (χ0v) is 14.4. The first-order valence-electron chi connectivity index (χ1n) is 8.31. The number of aromatic nitrogens is 2. The van der Waals surface area contributed by atoms with Gasteiger partial charge in [-0.2, -0.15) is 0 Å². The predicted octanol–water partition coefficient (Wildman–Crippen LogP) is 4.69. The molecule has 0 fully saturated rings. The van der Waals surface area contributed by atoms with E-state index in [0.717, 1.165) is 24.6 Å². The van der Waals surface area contributed by atoms with Crippen LogP contribution in [0.3, 0.4) is 0 Å². The number of hydrogen-bond acceptors (Lipinski definition) is 4. The van der Waals surface area contributed by atoms with Crippen LogP contribution in [0.15, 0.2) is 60.7 Å². The maximum Gasteiger partial charge on any atom is 0.136 e. The Morgan fingerprint density at radius 2 is 1.72 bits per heavy atom. The Bertz CT molecular complexity index is 819. The maximum absolute atomic E-state index is 13.1. The second kappa shape index (κ2) is 7.75. The summed E-state index contributed by atoms with van der Waals surface area (Å²) in [4.78, 5) is 11.2. The van der Waals surface area contributed by atoms with Gasteiger partial charge in [-0.1, -0.05) is 30.3 Å². The molecule has 1 aromatic heterocycles. The van der Waals surface area contributed by atoms with E-state index in [2.05, 4.69) is 39.2 Å². The van der Waals surface area contributed by atoms with Crippen LogP contribution >= 0.6 is 0 Å². The average molecular weight is 336 g/mol. The molecular weight excluding hydrogens is 315 g/mol. The summed E-state index contributed by atoms with van der Waals surface area (Å²) >= 11 is 0. The van der Waals surface area contributed by atoms with E-state index in [4.69, 9.17) is 0 Å². The van der Waals surface area contributed by atoms with Gasteiger partial charge in [-0.25, -0.2) is 14.4 Å². The number of benzene rings is 2. The molecule has 1 N–H and O–H groups in total. The normalized spacial score (nSPS) is 10.5.